The number of alkyl halides is 2. The minimum atomic E-state index is -4.15. The van der Waals surface area contributed by atoms with E-state index in [1.807, 2.05) is 23.5 Å². The SMILES string of the molecule is CCCCCCCCC[C@H](NC(=O)[C@H](CC(C)(C)C)NC(=O)[C@H](CCCNC(=O)OCc1ccccc1)NC(=O)OC(C)(C)C)C(F)(F)C(=O)NCC(=O)OC(C)(C)C. The molecule has 0 fully saturated rings. The molecule has 1 aromatic carbocycles. The van der Waals surface area contributed by atoms with Crippen molar-refractivity contribution in [3.8, 4) is 0 Å². The van der Waals surface area contributed by atoms with Gasteiger partial charge in [-0.1, -0.05) is 103 Å². The van der Waals surface area contributed by atoms with Crippen molar-refractivity contribution in [3.63, 3.8) is 0 Å². The van der Waals surface area contributed by atoms with Crippen molar-refractivity contribution in [2.45, 2.75) is 182 Å². The summed E-state index contributed by atoms with van der Waals surface area (Å²) < 4.78 is 47.7. The second-order valence-corrected chi connectivity index (χ2v) is 18.0. The maximum atomic E-state index is 16.0. The molecule has 0 heterocycles. The number of nitrogens with one attached hydrogen (secondary N) is 5. The number of esters is 1. The van der Waals surface area contributed by atoms with E-state index in [9.17, 15) is 28.8 Å². The zero-order chi connectivity index (χ0) is 44.9. The molecule has 0 spiro atoms. The van der Waals surface area contributed by atoms with Gasteiger partial charge in [-0.05, 0) is 78.2 Å². The molecule has 0 aliphatic rings. The molecule has 3 atom stereocenters. The van der Waals surface area contributed by atoms with Crippen LogP contribution in [0.1, 0.15) is 145 Å². The average Bonchev–Trinajstić information content (AvgIpc) is 3.11. The molecule has 0 saturated heterocycles. The average molecular weight is 840 g/mol. The number of alkyl carbamates (subject to hydrolysis) is 2. The van der Waals surface area contributed by atoms with Crippen LogP contribution in [0, 0.1) is 5.41 Å². The fraction of sp³-hybridized carbons (Fsp3) is 0.721. The van der Waals surface area contributed by atoms with Crippen LogP contribution in [0.3, 0.4) is 0 Å². The van der Waals surface area contributed by atoms with Crippen molar-refractivity contribution in [2.24, 2.45) is 5.41 Å². The first-order valence-corrected chi connectivity index (χ1v) is 20.8. The summed E-state index contributed by atoms with van der Waals surface area (Å²) in [4.78, 5) is 78.1. The van der Waals surface area contributed by atoms with Crippen LogP contribution in [-0.2, 0) is 40.0 Å². The molecular formula is C43H71F2N5O9. The number of unbranched alkanes of at least 4 members (excludes halogenated alkanes) is 6. The monoisotopic (exact) mass is 840 g/mol. The molecule has 0 bridgehead atoms. The minimum Gasteiger partial charge on any atom is -0.459 e. The summed E-state index contributed by atoms with van der Waals surface area (Å²) in [5, 5.41) is 12.1. The number of benzene rings is 1. The van der Waals surface area contributed by atoms with E-state index in [1.54, 1.807) is 74.4 Å². The molecule has 1 rings (SSSR count). The largest absolute Gasteiger partial charge is 0.459 e. The van der Waals surface area contributed by atoms with Crippen LogP contribution in [0.25, 0.3) is 0 Å². The predicted octanol–water partition coefficient (Wildman–Crippen LogP) is 7.23. The Labute approximate surface area is 349 Å². The lowest BCUT2D eigenvalue weighted by Crippen LogP contribution is -2.60. The fourth-order valence-corrected chi connectivity index (χ4v) is 5.81. The summed E-state index contributed by atoms with van der Waals surface area (Å²) in [7, 11) is 0. The van der Waals surface area contributed by atoms with Crippen molar-refractivity contribution in [3.05, 3.63) is 35.9 Å². The van der Waals surface area contributed by atoms with Crippen LogP contribution < -0.4 is 26.6 Å². The summed E-state index contributed by atoms with van der Waals surface area (Å²) >= 11 is 0. The standard InChI is InChI=1S/C43H71F2N5O9/c1-11-12-13-14-15-16-20-25-33(43(44,45)37(54)47-28-34(51)58-41(5,6)7)50-36(53)32(27-40(2,3)4)48-35(52)31(49-39(56)59-42(8,9)10)24-21-26-46-38(55)57-29-30-22-18-17-19-23-30/h17-19,22-23,31-33H,11-16,20-21,24-29H2,1-10H3,(H,46,55)(H,47,54)(H,48,52)(H,49,56)(H,50,53)/t31-,32-,33-/m0/s1. The van der Waals surface area contributed by atoms with Crippen LogP contribution in [0.2, 0.25) is 0 Å². The van der Waals surface area contributed by atoms with Crippen LogP contribution in [0.4, 0.5) is 18.4 Å². The van der Waals surface area contributed by atoms with Gasteiger partial charge >= 0.3 is 24.1 Å². The van der Waals surface area contributed by atoms with Gasteiger partial charge < -0.3 is 40.8 Å². The predicted molar refractivity (Wildman–Crippen MR) is 221 cm³/mol. The minimum absolute atomic E-state index is 0.000891. The molecule has 1 aromatic rings. The number of rotatable bonds is 24. The smallest absolute Gasteiger partial charge is 0.408 e. The first-order valence-electron chi connectivity index (χ1n) is 20.8. The topological polar surface area (TPSA) is 190 Å². The van der Waals surface area contributed by atoms with Crippen LogP contribution >= 0.6 is 0 Å². The number of ether oxygens (including phenoxy) is 3. The van der Waals surface area contributed by atoms with E-state index < -0.39 is 83.1 Å². The highest BCUT2D eigenvalue weighted by Gasteiger charge is 2.48. The highest BCUT2D eigenvalue weighted by molar-refractivity contribution is 5.92. The Morgan fingerprint density at radius 1 is 0.644 bits per heavy atom. The molecule has 59 heavy (non-hydrogen) atoms. The van der Waals surface area contributed by atoms with Crippen molar-refractivity contribution >= 4 is 35.9 Å². The zero-order valence-electron chi connectivity index (χ0n) is 36.9. The number of halogens is 2. The molecule has 5 amide bonds. The van der Waals surface area contributed by atoms with Gasteiger partial charge in [0.15, 0.2) is 0 Å². The van der Waals surface area contributed by atoms with Crippen molar-refractivity contribution in [2.75, 3.05) is 13.1 Å². The van der Waals surface area contributed by atoms with Crippen LogP contribution in [0.5, 0.6) is 0 Å². The van der Waals surface area contributed by atoms with Gasteiger partial charge in [0.2, 0.25) is 11.8 Å². The molecule has 0 aliphatic carbocycles. The van der Waals surface area contributed by atoms with Crippen molar-refractivity contribution in [1.29, 1.82) is 0 Å². The molecule has 0 saturated carbocycles. The number of hydrogen-bond donors (Lipinski definition) is 5. The van der Waals surface area contributed by atoms with Gasteiger partial charge in [-0.3, -0.25) is 19.2 Å². The van der Waals surface area contributed by atoms with Gasteiger partial charge in [0.1, 0.15) is 42.5 Å². The molecule has 0 aromatic heterocycles. The lowest BCUT2D eigenvalue weighted by molar-refractivity contribution is -0.159. The molecule has 14 nitrogen and oxygen atoms in total. The Hall–Kier alpha value is -4.50. The number of carbonyl (C=O) groups excluding carboxylic acids is 6. The Morgan fingerprint density at radius 2 is 1.22 bits per heavy atom. The van der Waals surface area contributed by atoms with E-state index in [4.69, 9.17) is 14.2 Å². The lowest BCUT2D eigenvalue weighted by atomic mass is 9.87. The van der Waals surface area contributed by atoms with Crippen LogP contribution in [-0.4, -0.2) is 84.2 Å². The third-order valence-electron chi connectivity index (χ3n) is 8.58. The Morgan fingerprint density at radius 3 is 1.80 bits per heavy atom. The molecule has 0 radical (unpaired) electrons. The van der Waals surface area contributed by atoms with Gasteiger partial charge in [0.25, 0.3) is 5.91 Å². The van der Waals surface area contributed by atoms with Crippen LogP contribution in [0.15, 0.2) is 30.3 Å². The third-order valence-corrected chi connectivity index (χ3v) is 8.58. The summed E-state index contributed by atoms with van der Waals surface area (Å²) in [6, 6.07) is 4.48. The van der Waals surface area contributed by atoms with E-state index in [0.29, 0.717) is 6.42 Å². The Bertz CT molecular complexity index is 1470. The Balaban J connectivity index is 3.23. The highest BCUT2D eigenvalue weighted by atomic mass is 19.3. The van der Waals surface area contributed by atoms with E-state index in [1.165, 1.54) is 0 Å². The zero-order valence-corrected chi connectivity index (χ0v) is 36.9. The summed E-state index contributed by atoms with van der Waals surface area (Å²) in [5.74, 6) is -8.56. The van der Waals surface area contributed by atoms with E-state index in [-0.39, 0.29) is 45.3 Å². The molecule has 0 unspecified atom stereocenters. The summed E-state index contributed by atoms with van der Waals surface area (Å²) in [5.41, 5.74) is -1.61. The van der Waals surface area contributed by atoms with Gasteiger partial charge in [-0.15, -0.1) is 0 Å². The number of hydrogen-bond acceptors (Lipinski definition) is 9. The highest BCUT2D eigenvalue weighted by Crippen LogP contribution is 2.26. The number of carbonyl (C=O) groups is 6. The van der Waals surface area contributed by atoms with E-state index in [0.717, 1.165) is 37.7 Å². The fourth-order valence-electron chi connectivity index (χ4n) is 5.81. The van der Waals surface area contributed by atoms with Gasteiger partial charge in [0, 0.05) is 6.54 Å². The molecular weight excluding hydrogens is 768 g/mol. The lowest BCUT2D eigenvalue weighted by Gasteiger charge is -2.32. The van der Waals surface area contributed by atoms with Crippen molar-refractivity contribution in [1.82, 2.24) is 26.6 Å². The molecule has 0 aliphatic heterocycles. The van der Waals surface area contributed by atoms with E-state index in [2.05, 4.69) is 28.2 Å². The molecule has 336 valence electrons. The van der Waals surface area contributed by atoms with Crippen molar-refractivity contribution < 1.29 is 51.8 Å². The first-order chi connectivity index (χ1) is 27.3. The Kier molecular flexibility index (Phi) is 22.4. The number of amides is 5. The molecule has 16 heteroatoms. The summed E-state index contributed by atoms with van der Waals surface area (Å²) in [6.45, 7) is 16.5. The van der Waals surface area contributed by atoms with Gasteiger partial charge in [0.05, 0.1) is 0 Å². The maximum absolute atomic E-state index is 16.0. The second-order valence-electron chi connectivity index (χ2n) is 18.0. The quantitative estimate of drug-likeness (QED) is 0.0406. The first kappa shape index (κ1) is 52.5. The maximum Gasteiger partial charge on any atom is 0.408 e. The van der Waals surface area contributed by atoms with E-state index >= 15 is 8.78 Å². The molecule has 5 N–H and O–H groups in total. The summed E-state index contributed by atoms with van der Waals surface area (Å²) in [6.07, 6.45) is 4.02. The van der Waals surface area contributed by atoms with Gasteiger partial charge in [-0.25, -0.2) is 9.59 Å². The second kappa shape index (κ2) is 25.2. The van der Waals surface area contributed by atoms with Gasteiger partial charge in [-0.2, -0.15) is 8.78 Å². The normalized spacial score (nSPS) is 13.6. The third kappa shape index (κ3) is 24.2.